The maximum Gasteiger partial charge on any atom is 0.123 e. The van der Waals surface area contributed by atoms with Crippen molar-refractivity contribution in [3.05, 3.63) is 18.5 Å². The molecule has 0 radical (unpaired) electrons. The smallest absolute Gasteiger partial charge is 0.123 e. The number of nitrogens with zero attached hydrogens (tertiary/aromatic N) is 1. The van der Waals surface area contributed by atoms with Crippen LogP contribution in [0, 0.1) is 0 Å². The SMILES string of the molecule is [CH]12[CH]3[CH]4[CH]5[CH]1[Fe]23451678[CH]2[CH]1[CH]6[CH]7[CH]28.c1cnoc1. The van der Waals surface area contributed by atoms with Crippen LogP contribution in [0.25, 0.3) is 0 Å². The number of aromatic nitrogens is 1. The van der Waals surface area contributed by atoms with E-state index in [0.717, 1.165) is 0 Å². The van der Waals surface area contributed by atoms with Crippen LogP contribution in [-0.4, -0.2) is 5.16 Å². The summed E-state index contributed by atoms with van der Waals surface area (Å²) in [6, 6.07) is 1.72. The van der Waals surface area contributed by atoms with Gasteiger partial charge in [0.15, 0.2) is 0 Å². The molecule has 11 heterocycles. The molecule has 11 rings (SSSR count). The molecule has 0 N–H and O–H groups in total. The maximum absolute atomic E-state index is 4.33. The summed E-state index contributed by atoms with van der Waals surface area (Å²) in [5.41, 5.74) is 0. The summed E-state index contributed by atoms with van der Waals surface area (Å²) < 4.78 is 4.33. The fourth-order valence-corrected chi connectivity index (χ4v) is 88.2. The monoisotopic (exact) mass is 255 g/mol. The minimum absolute atomic E-state index is 1.51. The second-order valence-electron chi connectivity index (χ2n) is 10.3. The molecule has 1 aromatic heterocycles. The zero-order chi connectivity index (χ0) is 9.63. The number of hydrogen-bond donors (Lipinski definition) is 0. The van der Waals surface area contributed by atoms with E-state index in [1.54, 1.807) is 60.4 Å². The molecule has 10 saturated heterocycles. The first-order valence-corrected chi connectivity index (χ1v) is 13.1. The molecule has 1 aromatic rings. The van der Waals surface area contributed by atoms with Crippen LogP contribution >= 0.6 is 0 Å². The first kappa shape index (κ1) is 5.58. The van der Waals surface area contributed by atoms with Gasteiger partial charge >= 0.3 is 54.7 Å². The van der Waals surface area contributed by atoms with Crippen LogP contribution in [0.5, 0.6) is 0 Å². The molecule has 10 fully saturated rings. The number of rotatable bonds is 0. The molecule has 0 unspecified atom stereocenters. The first-order chi connectivity index (χ1) is 7.66. The predicted octanol–water partition coefficient (Wildman–Crippen LogP) is 4.05. The van der Waals surface area contributed by atoms with Gasteiger partial charge in [-0.05, 0) is 6.07 Å². The van der Waals surface area contributed by atoms with Crippen LogP contribution in [-0.2, 0) is 6.51 Å². The molecule has 16 heavy (non-hydrogen) atoms. The van der Waals surface area contributed by atoms with Gasteiger partial charge in [-0.1, -0.05) is 5.16 Å². The zero-order valence-corrected chi connectivity index (χ0v) is 9.82. The summed E-state index contributed by atoms with van der Waals surface area (Å²) in [4.78, 5) is 15.9. The van der Waals surface area contributed by atoms with Crippen LogP contribution in [0.15, 0.2) is 23.0 Å². The van der Waals surface area contributed by atoms with Gasteiger partial charge in [0.05, 0.1) is 6.20 Å². The van der Waals surface area contributed by atoms with Crippen molar-refractivity contribution in [2.75, 3.05) is 0 Å². The van der Waals surface area contributed by atoms with Crippen molar-refractivity contribution in [2.24, 2.45) is 0 Å². The fraction of sp³-hybridized carbons (Fsp3) is 0.769. The summed E-state index contributed by atoms with van der Waals surface area (Å²) in [7, 11) is 0. The van der Waals surface area contributed by atoms with Crippen molar-refractivity contribution in [2.45, 2.75) is 48.2 Å². The molecule has 0 aromatic carbocycles. The third-order valence-electron chi connectivity index (χ3n) is 14.9. The van der Waals surface area contributed by atoms with Crippen LogP contribution in [0.3, 0.4) is 0 Å². The van der Waals surface area contributed by atoms with E-state index in [4.69, 9.17) is 0 Å². The van der Waals surface area contributed by atoms with E-state index in [1.165, 1.54) is 6.26 Å². The molecule has 2 nitrogen and oxygen atoms in total. The topological polar surface area (TPSA) is 26.0 Å². The van der Waals surface area contributed by atoms with Gasteiger partial charge in [0.2, 0.25) is 0 Å². The Morgan fingerprint density at radius 2 is 1.19 bits per heavy atom. The Kier molecular flexibility index (Phi) is 0.152. The van der Waals surface area contributed by atoms with E-state index in [1.807, 2.05) is 0 Å². The van der Waals surface area contributed by atoms with E-state index < -0.39 is 6.51 Å². The summed E-state index contributed by atoms with van der Waals surface area (Å²) in [6.07, 6.45) is 3.10. The van der Waals surface area contributed by atoms with Crippen LogP contribution in [0.2, 0.25) is 48.2 Å². The molecule has 84 valence electrons. The molecular formula is C13H13FeNO. The fourth-order valence-electron chi connectivity index (χ4n) is 16.0. The maximum atomic E-state index is 4.33. The molecule has 3 heteroatoms. The van der Waals surface area contributed by atoms with Crippen molar-refractivity contribution < 1.29 is 11.0 Å². The summed E-state index contributed by atoms with van der Waals surface area (Å²) >= 11 is 0. The Labute approximate surface area is 83.0 Å². The van der Waals surface area contributed by atoms with Gasteiger partial charge in [-0.25, -0.2) is 0 Å². The average Bonchev–Trinajstić information content (AvgIpc) is 3.27. The van der Waals surface area contributed by atoms with Crippen molar-refractivity contribution in [1.29, 1.82) is 0 Å². The quantitative estimate of drug-likeness (QED) is 0.653. The average molecular weight is 255 g/mol. The van der Waals surface area contributed by atoms with E-state index in [2.05, 4.69) is 9.68 Å². The van der Waals surface area contributed by atoms with Crippen molar-refractivity contribution in [3.8, 4) is 0 Å². The molecule has 0 bridgehead atoms. The standard InChI is InChI=1S/2C5H5.C3H3NO.Fe/c3*1-2-4-5-3-1;/h2*1-5H;1-3H;. The Balaban J connectivity index is 0.000000101. The summed E-state index contributed by atoms with van der Waals surface area (Å²) in [6.45, 7) is -2.28. The van der Waals surface area contributed by atoms with Crippen molar-refractivity contribution in [1.82, 2.24) is 5.16 Å². The van der Waals surface area contributed by atoms with Gasteiger partial charge < -0.3 is 4.52 Å². The largest absolute Gasteiger partial charge is 0.365 e. The molecule has 0 atom stereocenters. The van der Waals surface area contributed by atoms with Gasteiger partial charge in [0.1, 0.15) is 6.26 Å². The van der Waals surface area contributed by atoms with E-state index >= 15 is 0 Å². The van der Waals surface area contributed by atoms with E-state index in [0.29, 0.717) is 0 Å². The van der Waals surface area contributed by atoms with Gasteiger partial charge in [0.25, 0.3) is 0 Å². The Morgan fingerprint density at radius 3 is 1.25 bits per heavy atom. The minimum Gasteiger partial charge on any atom is -0.365 e. The summed E-state index contributed by atoms with van der Waals surface area (Å²) in [5.74, 6) is 0. The second-order valence-corrected chi connectivity index (χ2v) is 34.2. The van der Waals surface area contributed by atoms with Crippen molar-refractivity contribution >= 4 is 0 Å². The van der Waals surface area contributed by atoms with E-state index in [9.17, 15) is 0 Å². The third kappa shape index (κ3) is 0.0531. The zero-order valence-electron chi connectivity index (χ0n) is 8.71. The summed E-state index contributed by atoms with van der Waals surface area (Å²) in [5, 5.41) is 3.35. The molecular weight excluding hydrogens is 242 g/mol. The predicted molar refractivity (Wildman–Crippen MR) is 54.0 cm³/mol. The number of hydrogen-bond acceptors (Lipinski definition) is 2. The minimum atomic E-state index is -2.28. The Hall–Kier alpha value is -0.271. The molecule has 0 amide bonds. The molecule has 0 saturated carbocycles. The van der Waals surface area contributed by atoms with Crippen molar-refractivity contribution in [3.63, 3.8) is 0 Å². The van der Waals surface area contributed by atoms with Crippen LogP contribution in [0.1, 0.15) is 0 Å². The molecule has 0 aliphatic carbocycles. The Morgan fingerprint density at radius 1 is 0.750 bits per heavy atom. The number of fused-ring (bicyclic) bond motifs is 10. The third-order valence-corrected chi connectivity index (χ3v) is 56.8. The van der Waals surface area contributed by atoms with Crippen LogP contribution < -0.4 is 0 Å². The normalized spacial score (nSPS) is 120. The molecule has 1 spiro atoms. The van der Waals surface area contributed by atoms with Gasteiger partial charge in [-0.2, -0.15) is 0 Å². The second kappa shape index (κ2) is 0.437. The van der Waals surface area contributed by atoms with Gasteiger partial charge in [-0.15, -0.1) is 0 Å². The Bertz CT molecular complexity index is 747. The van der Waals surface area contributed by atoms with E-state index in [-0.39, 0.29) is 0 Å². The molecule has 10 aliphatic heterocycles. The van der Waals surface area contributed by atoms with Crippen LogP contribution in [0.4, 0.5) is 0 Å². The first-order valence-electron chi connectivity index (χ1n) is 6.72. The van der Waals surface area contributed by atoms with Gasteiger partial charge in [-0.3, -0.25) is 0 Å². The van der Waals surface area contributed by atoms with Gasteiger partial charge in [0, 0.05) is 0 Å². The molecule has 10 aliphatic rings.